The van der Waals surface area contributed by atoms with E-state index in [4.69, 9.17) is 16.3 Å². The maximum Gasteiger partial charge on any atom is 0.138 e. The average molecular weight is 270 g/mol. The minimum absolute atomic E-state index is 0.104. The van der Waals surface area contributed by atoms with Crippen LogP contribution in [-0.4, -0.2) is 18.2 Å². The Morgan fingerprint density at radius 1 is 1.33 bits per heavy atom. The lowest BCUT2D eigenvalue weighted by Gasteiger charge is -2.25. The fourth-order valence-electron chi connectivity index (χ4n) is 1.57. The first-order chi connectivity index (χ1) is 8.31. The van der Waals surface area contributed by atoms with Crippen molar-refractivity contribution >= 4 is 11.6 Å². The highest BCUT2D eigenvalue weighted by Crippen LogP contribution is 2.26. The Hall–Kier alpha value is -0.730. The van der Waals surface area contributed by atoms with E-state index in [1.54, 1.807) is 0 Å². The summed E-state index contributed by atoms with van der Waals surface area (Å²) in [5.41, 5.74) is 1.26. The minimum Gasteiger partial charge on any atom is -0.488 e. The number of benzene rings is 1. The monoisotopic (exact) mass is 269 g/mol. The molecule has 0 bridgehead atoms. The minimum atomic E-state index is 0.104. The average Bonchev–Trinajstić information content (AvgIpc) is 2.27. The third kappa shape index (κ3) is 5.28. The number of rotatable bonds is 5. The highest BCUT2D eigenvalue weighted by molar-refractivity contribution is 6.32. The topological polar surface area (TPSA) is 21.3 Å². The molecule has 3 heteroatoms. The Morgan fingerprint density at radius 3 is 2.56 bits per heavy atom. The van der Waals surface area contributed by atoms with E-state index >= 15 is 0 Å². The number of aryl methyl sites for hydroxylation is 1. The first-order valence-electron chi connectivity index (χ1n) is 6.49. The highest BCUT2D eigenvalue weighted by atomic mass is 35.5. The van der Waals surface area contributed by atoms with Gasteiger partial charge in [-0.2, -0.15) is 0 Å². The van der Waals surface area contributed by atoms with Gasteiger partial charge in [-0.3, -0.25) is 0 Å². The lowest BCUT2D eigenvalue weighted by atomic mass is 10.1. The second-order valence-corrected chi connectivity index (χ2v) is 6.12. The highest BCUT2D eigenvalue weighted by Gasteiger charge is 2.15. The number of ether oxygens (including phenoxy) is 1. The largest absolute Gasteiger partial charge is 0.488 e. The molecule has 1 unspecified atom stereocenters. The van der Waals surface area contributed by atoms with Crippen molar-refractivity contribution in [3.8, 4) is 5.75 Å². The van der Waals surface area contributed by atoms with Crippen LogP contribution in [0.25, 0.3) is 0 Å². The molecule has 1 atom stereocenters. The second kappa shape index (κ2) is 6.44. The molecule has 0 saturated carbocycles. The van der Waals surface area contributed by atoms with Gasteiger partial charge in [0, 0.05) is 12.1 Å². The molecule has 0 fully saturated rings. The molecule has 2 nitrogen and oxygen atoms in total. The molecular weight excluding hydrogens is 246 g/mol. The molecule has 0 saturated heterocycles. The molecule has 1 N–H and O–H groups in total. The lowest BCUT2D eigenvalue weighted by Crippen LogP contribution is -2.42. The molecule has 1 rings (SSSR count). The van der Waals surface area contributed by atoms with Crippen molar-refractivity contribution in [1.82, 2.24) is 5.32 Å². The summed E-state index contributed by atoms with van der Waals surface area (Å²) in [7, 11) is 0. The van der Waals surface area contributed by atoms with Gasteiger partial charge in [-0.05, 0) is 51.8 Å². The molecule has 0 aliphatic heterocycles. The summed E-state index contributed by atoms with van der Waals surface area (Å²) in [4.78, 5) is 0. The van der Waals surface area contributed by atoms with Crippen molar-refractivity contribution in [3.63, 3.8) is 0 Å². The molecule has 1 aromatic carbocycles. The number of hydrogen-bond acceptors (Lipinski definition) is 2. The normalized spacial score (nSPS) is 13.4. The van der Waals surface area contributed by atoms with Crippen LogP contribution < -0.4 is 10.1 Å². The predicted octanol–water partition coefficient (Wildman–Crippen LogP) is 4.19. The molecule has 1 aromatic rings. The van der Waals surface area contributed by atoms with Gasteiger partial charge in [0.25, 0.3) is 0 Å². The van der Waals surface area contributed by atoms with E-state index in [2.05, 4.69) is 33.0 Å². The maximum atomic E-state index is 6.14. The summed E-state index contributed by atoms with van der Waals surface area (Å²) < 4.78 is 5.98. The van der Waals surface area contributed by atoms with Crippen molar-refractivity contribution in [2.75, 3.05) is 6.54 Å². The van der Waals surface area contributed by atoms with Gasteiger partial charge in [0.1, 0.15) is 11.9 Å². The molecule has 0 aliphatic rings. The van der Waals surface area contributed by atoms with E-state index in [0.717, 1.165) is 24.3 Å². The van der Waals surface area contributed by atoms with Crippen LogP contribution in [0.3, 0.4) is 0 Å². The van der Waals surface area contributed by atoms with E-state index in [1.807, 2.05) is 25.1 Å². The Bertz CT molecular complexity index is 385. The zero-order valence-electron chi connectivity index (χ0n) is 12.0. The van der Waals surface area contributed by atoms with Crippen LogP contribution in [0, 0.1) is 6.92 Å². The molecule has 0 heterocycles. The fraction of sp³-hybridized carbons (Fsp3) is 0.600. The fourth-order valence-corrected chi connectivity index (χ4v) is 1.73. The van der Waals surface area contributed by atoms with Gasteiger partial charge < -0.3 is 10.1 Å². The van der Waals surface area contributed by atoms with Crippen LogP contribution in [0.15, 0.2) is 18.2 Å². The van der Waals surface area contributed by atoms with Gasteiger partial charge in [0.15, 0.2) is 0 Å². The first-order valence-corrected chi connectivity index (χ1v) is 6.87. The third-order valence-electron chi connectivity index (χ3n) is 2.70. The number of halogens is 1. The first kappa shape index (κ1) is 15.3. The standard InChI is InChI=1S/C15H24ClNO/c1-6-12(10-17-15(3,4)5)18-14-9-11(2)7-8-13(14)16/h7-9,12,17H,6,10H2,1-5H3. The molecule has 0 spiro atoms. The Kier molecular flexibility index (Phi) is 5.48. The van der Waals surface area contributed by atoms with Gasteiger partial charge in [-0.1, -0.05) is 24.6 Å². The van der Waals surface area contributed by atoms with Gasteiger partial charge in [-0.25, -0.2) is 0 Å². The van der Waals surface area contributed by atoms with E-state index < -0.39 is 0 Å². The van der Waals surface area contributed by atoms with E-state index in [-0.39, 0.29) is 11.6 Å². The van der Waals surface area contributed by atoms with Crippen LogP contribution in [0.4, 0.5) is 0 Å². The molecule has 102 valence electrons. The summed E-state index contributed by atoms with van der Waals surface area (Å²) in [6, 6.07) is 5.86. The molecule has 0 amide bonds. The van der Waals surface area contributed by atoms with E-state index in [0.29, 0.717) is 5.02 Å². The van der Waals surface area contributed by atoms with Crippen LogP contribution in [0.1, 0.15) is 39.7 Å². The molecule has 18 heavy (non-hydrogen) atoms. The molecule has 0 radical (unpaired) electrons. The predicted molar refractivity (Wildman–Crippen MR) is 78.7 cm³/mol. The van der Waals surface area contributed by atoms with Gasteiger partial charge in [0.05, 0.1) is 5.02 Å². The Labute approximate surface area is 116 Å². The zero-order chi connectivity index (χ0) is 13.8. The lowest BCUT2D eigenvalue weighted by molar-refractivity contribution is 0.181. The van der Waals surface area contributed by atoms with E-state index in [1.165, 1.54) is 0 Å². The number of nitrogens with one attached hydrogen (secondary N) is 1. The van der Waals surface area contributed by atoms with Gasteiger partial charge in [-0.15, -0.1) is 0 Å². The zero-order valence-corrected chi connectivity index (χ0v) is 12.8. The van der Waals surface area contributed by atoms with Crippen LogP contribution in [-0.2, 0) is 0 Å². The third-order valence-corrected chi connectivity index (χ3v) is 3.01. The quantitative estimate of drug-likeness (QED) is 0.865. The van der Waals surface area contributed by atoms with Crippen molar-refractivity contribution in [2.24, 2.45) is 0 Å². The second-order valence-electron chi connectivity index (χ2n) is 5.71. The summed E-state index contributed by atoms with van der Waals surface area (Å²) in [5.74, 6) is 0.777. The van der Waals surface area contributed by atoms with Crippen LogP contribution in [0.2, 0.25) is 5.02 Å². The van der Waals surface area contributed by atoms with Crippen LogP contribution >= 0.6 is 11.6 Å². The van der Waals surface area contributed by atoms with Crippen molar-refractivity contribution in [1.29, 1.82) is 0 Å². The Morgan fingerprint density at radius 2 is 2.00 bits per heavy atom. The molecule has 0 aliphatic carbocycles. The molecule has 0 aromatic heterocycles. The summed E-state index contributed by atoms with van der Waals surface area (Å²) in [5, 5.41) is 4.13. The van der Waals surface area contributed by atoms with Crippen LogP contribution in [0.5, 0.6) is 5.75 Å². The molecular formula is C15H24ClNO. The van der Waals surface area contributed by atoms with E-state index in [9.17, 15) is 0 Å². The van der Waals surface area contributed by atoms with Crippen molar-refractivity contribution in [3.05, 3.63) is 28.8 Å². The summed E-state index contributed by atoms with van der Waals surface area (Å²) in [6.45, 7) is 11.4. The van der Waals surface area contributed by atoms with Crippen molar-refractivity contribution in [2.45, 2.75) is 52.7 Å². The summed E-state index contributed by atoms with van der Waals surface area (Å²) in [6.07, 6.45) is 1.09. The SMILES string of the molecule is CCC(CNC(C)(C)C)Oc1cc(C)ccc1Cl. The summed E-state index contributed by atoms with van der Waals surface area (Å²) >= 11 is 6.14. The van der Waals surface area contributed by atoms with Crippen molar-refractivity contribution < 1.29 is 4.74 Å². The number of hydrogen-bond donors (Lipinski definition) is 1. The smallest absolute Gasteiger partial charge is 0.138 e. The Balaban J connectivity index is 2.65. The maximum absolute atomic E-state index is 6.14. The van der Waals surface area contributed by atoms with Gasteiger partial charge in [0.2, 0.25) is 0 Å². The van der Waals surface area contributed by atoms with Gasteiger partial charge >= 0.3 is 0 Å².